The van der Waals surface area contributed by atoms with E-state index in [0.29, 0.717) is 18.6 Å². The summed E-state index contributed by atoms with van der Waals surface area (Å²) in [7, 11) is 0. The topological polar surface area (TPSA) is 34.9 Å². The molecule has 0 unspecified atom stereocenters. The Morgan fingerprint density at radius 3 is 2.92 bits per heavy atom. The van der Waals surface area contributed by atoms with Gasteiger partial charge in [-0.3, -0.25) is 4.79 Å². The van der Waals surface area contributed by atoms with E-state index in [9.17, 15) is 4.79 Å². The number of rotatable bonds is 5. The Hall–Kier alpha value is -1.12. The predicted molar refractivity (Wildman–Crippen MR) is 46.8 cm³/mol. The van der Waals surface area contributed by atoms with Crippen molar-refractivity contribution in [3.05, 3.63) is 18.7 Å². The zero-order chi connectivity index (χ0) is 8.81. The molecular formula is C9H14N2O. The second-order valence-corrected chi connectivity index (χ2v) is 2.84. The molecule has 1 aromatic rings. The number of carbonyl (C=O) groups is 1. The highest BCUT2D eigenvalue weighted by molar-refractivity contribution is 5.78. The Morgan fingerprint density at radius 1 is 1.50 bits per heavy atom. The SMILES string of the molecule is CCCC(=O)CCn1ccnc1. The predicted octanol–water partition coefficient (Wildman–Crippen LogP) is 1.64. The van der Waals surface area contributed by atoms with Crippen molar-refractivity contribution in [2.24, 2.45) is 0 Å². The Labute approximate surface area is 72.4 Å². The molecule has 0 bridgehead atoms. The largest absolute Gasteiger partial charge is 0.337 e. The molecule has 0 atom stereocenters. The molecule has 0 spiro atoms. The minimum Gasteiger partial charge on any atom is -0.337 e. The number of hydrogen-bond donors (Lipinski definition) is 0. The number of carbonyl (C=O) groups excluding carboxylic acids is 1. The first-order valence-electron chi connectivity index (χ1n) is 4.30. The Bertz CT molecular complexity index is 229. The number of Topliss-reactive ketones (excluding diaryl/α,β-unsaturated/α-hetero) is 1. The third-order valence-corrected chi connectivity index (χ3v) is 1.74. The summed E-state index contributed by atoms with van der Waals surface area (Å²) in [5, 5.41) is 0. The first-order chi connectivity index (χ1) is 5.83. The van der Waals surface area contributed by atoms with Gasteiger partial charge in [-0.2, -0.15) is 0 Å². The molecule has 1 heterocycles. The van der Waals surface area contributed by atoms with E-state index < -0.39 is 0 Å². The molecule has 0 fully saturated rings. The van der Waals surface area contributed by atoms with Crippen molar-refractivity contribution in [3.63, 3.8) is 0 Å². The molecule has 0 N–H and O–H groups in total. The van der Waals surface area contributed by atoms with Gasteiger partial charge in [0.2, 0.25) is 0 Å². The average Bonchev–Trinajstić information content (AvgIpc) is 2.53. The summed E-state index contributed by atoms with van der Waals surface area (Å²) in [6, 6.07) is 0. The average molecular weight is 166 g/mol. The summed E-state index contributed by atoms with van der Waals surface area (Å²) >= 11 is 0. The zero-order valence-corrected chi connectivity index (χ0v) is 7.36. The summed E-state index contributed by atoms with van der Waals surface area (Å²) in [5.41, 5.74) is 0. The molecule has 0 aliphatic heterocycles. The van der Waals surface area contributed by atoms with Gasteiger partial charge in [0, 0.05) is 31.8 Å². The van der Waals surface area contributed by atoms with Crippen molar-refractivity contribution < 1.29 is 4.79 Å². The number of aryl methyl sites for hydroxylation is 1. The van der Waals surface area contributed by atoms with Gasteiger partial charge in [-0.25, -0.2) is 4.98 Å². The van der Waals surface area contributed by atoms with Crippen molar-refractivity contribution in [1.82, 2.24) is 9.55 Å². The third-order valence-electron chi connectivity index (χ3n) is 1.74. The first-order valence-corrected chi connectivity index (χ1v) is 4.30. The maximum Gasteiger partial charge on any atom is 0.134 e. The second kappa shape index (κ2) is 4.70. The number of imidazole rings is 1. The van der Waals surface area contributed by atoms with Crippen LogP contribution in [0.2, 0.25) is 0 Å². The molecule has 66 valence electrons. The van der Waals surface area contributed by atoms with Gasteiger partial charge in [0.25, 0.3) is 0 Å². The molecule has 0 amide bonds. The summed E-state index contributed by atoms with van der Waals surface area (Å²) in [6.07, 6.45) is 7.62. The molecule has 3 heteroatoms. The van der Waals surface area contributed by atoms with E-state index in [1.54, 1.807) is 12.5 Å². The normalized spacial score (nSPS) is 10.1. The van der Waals surface area contributed by atoms with Gasteiger partial charge in [0.1, 0.15) is 5.78 Å². The highest BCUT2D eigenvalue weighted by atomic mass is 16.1. The van der Waals surface area contributed by atoms with E-state index in [4.69, 9.17) is 0 Å². The van der Waals surface area contributed by atoms with Gasteiger partial charge in [-0.1, -0.05) is 6.92 Å². The molecular weight excluding hydrogens is 152 g/mol. The van der Waals surface area contributed by atoms with E-state index in [2.05, 4.69) is 4.98 Å². The van der Waals surface area contributed by atoms with Crippen molar-refractivity contribution in [3.8, 4) is 0 Å². The molecule has 0 saturated carbocycles. The number of ketones is 1. The number of hydrogen-bond acceptors (Lipinski definition) is 2. The first kappa shape index (κ1) is 8.97. The van der Waals surface area contributed by atoms with E-state index in [1.165, 1.54) is 0 Å². The summed E-state index contributed by atoms with van der Waals surface area (Å²) in [4.78, 5) is 15.0. The molecule has 0 saturated heterocycles. The molecule has 1 aromatic heterocycles. The van der Waals surface area contributed by atoms with Crippen molar-refractivity contribution in [1.29, 1.82) is 0 Å². The number of nitrogens with zero attached hydrogens (tertiary/aromatic N) is 2. The van der Waals surface area contributed by atoms with Gasteiger partial charge < -0.3 is 4.57 Å². The lowest BCUT2D eigenvalue weighted by atomic mass is 10.2. The monoisotopic (exact) mass is 166 g/mol. The lowest BCUT2D eigenvalue weighted by molar-refractivity contribution is -0.119. The van der Waals surface area contributed by atoms with Crippen LogP contribution in [-0.4, -0.2) is 15.3 Å². The molecule has 0 aliphatic rings. The van der Waals surface area contributed by atoms with Crippen LogP contribution in [0.1, 0.15) is 26.2 Å². The van der Waals surface area contributed by atoms with E-state index >= 15 is 0 Å². The molecule has 0 aliphatic carbocycles. The summed E-state index contributed by atoms with van der Waals surface area (Å²) in [6.45, 7) is 2.79. The van der Waals surface area contributed by atoms with E-state index in [0.717, 1.165) is 13.0 Å². The highest BCUT2D eigenvalue weighted by Gasteiger charge is 1.99. The summed E-state index contributed by atoms with van der Waals surface area (Å²) < 4.78 is 1.92. The molecule has 12 heavy (non-hydrogen) atoms. The third kappa shape index (κ3) is 2.86. The number of aromatic nitrogens is 2. The lowest BCUT2D eigenvalue weighted by Gasteiger charge is -1.99. The quantitative estimate of drug-likeness (QED) is 0.666. The van der Waals surface area contributed by atoms with Crippen LogP contribution in [0.25, 0.3) is 0 Å². The Kier molecular flexibility index (Phi) is 3.51. The van der Waals surface area contributed by atoms with Gasteiger partial charge in [0.15, 0.2) is 0 Å². The smallest absolute Gasteiger partial charge is 0.134 e. The second-order valence-electron chi connectivity index (χ2n) is 2.84. The van der Waals surface area contributed by atoms with Gasteiger partial charge >= 0.3 is 0 Å². The van der Waals surface area contributed by atoms with Crippen molar-refractivity contribution in [2.75, 3.05) is 0 Å². The maximum atomic E-state index is 11.1. The van der Waals surface area contributed by atoms with E-state index in [-0.39, 0.29) is 0 Å². The minimum atomic E-state index is 0.339. The molecule has 0 radical (unpaired) electrons. The van der Waals surface area contributed by atoms with Crippen LogP contribution in [0.5, 0.6) is 0 Å². The fraction of sp³-hybridized carbons (Fsp3) is 0.556. The molecule has 1 rings (SSSR count). The highest BCUT2D eigenvalue weighted by Crippen LogP contribution is 1.97. The fourth-order valence-electron chi connectivity index (χ4n) is 1.08. The lowest BCUT2D eigenvalue weighted by Crippen LogP contribution is -2.03. The molecule has 3 nitrogen and oxygen atoms in total. The van der Waals surface area contributed by atoms with Crippen molar-refractivity contribution in [2.45, 2.75) is 32.7 Å². The van der Waals surface area contributed by atoms with Crippen LogP contribution in [-0.2, 0) is 11.3 Å². The van der Waals surface area contributed by atoms with Crippen LogP contribution in [0.4, 0.5) is 0 Å². The van der Waals surface area contributed by atoms with E-state index in [1.807, 2.05) is 17.7 Å². The fourth-order valence-corrected chi connectivity index (χ4v) is 1.08. The Morgan fingerprint density at radius 2 is 2.33 bits per heavy atom. The standard InChI is InChI=1S/C9H14N2O/c1-2-3-9(12)4-6-11-7-5-10-8-11/h5,7-8H,2-4,6H2,1H3. The minimum absolute atomic E-state index is 0.339. The Balaban J connectivity index is 2.22. The summed E-state index contributed by atoms with van der Waals surface area (Å²) in [5.74, 6) is 0.339. The van der Waals surface area contributed by atoms with Gasteiger partial charge in [0.05, 0.1) is 6.33 Å². The van der Waals surface area contributed by atoms with Crippen LogP contribution in [0.3, 0.4) is 0 Å². The van der Waals surface area contributed by atoms with Crippen LogP contribution in [0, 0.1) is 0 Å². The molecule has 0 aromatic carbocycles. The zero-order valence-electron chi connectivity index (χ0n) is 7.36. The van der Waals surface area contributed by atoms with Crippen LogP contribution < -0.4 is 0 Å². The van der Waals surface area contributed by atoms with Crippen molar-refractivity contribution >= 4 is 5.78 Å². The van der Waals surface area contributed by atoms with Crippen LogP contribution >= 0.6 is 0 Å². The van der Waals surface area contributed by atoms with Gasteiger partial charge in [-0.15, -0.1) is 0 Å². The van der Waals surface area contributed by atoms with Gasteiger partial charge in [-0.05, 0) is 6.42 Å². The van der Waals surface area contributed by atoms with Crippen LogP contribution in [0.15, 0.2) is 18.7 Å². The maximum absolute atomic E-state index is 11.1.